The second-order valence-electron chi connectivity index (χ2n) is 9.35. The van der Waals surface area contributed by atoms with Crippen molar-refractivity contribution in [2.75, 3.05) is 6.54 Å². The van der Waals surface area contributed by atoms with Crippen LogP contribution in [0.5, 0.6) is 0 Å². The topological polar surface area (TPSA) is 77.2 Å². The molecule has 2 aliphatic rings. The Morgan fingerprint density at radius 1 is 0.970 bits per heavy atom. The second-order valence-corrected chi connectivity index (χ2v) is 9.35. The number of carbonyl (C=O) groups is 1. The maximum absolute atomic E-state index is 13.3. The molecule has 1 aliphatic heterocycles. The SMILES string of the molecule is Cn1c(=O)c2ccc([C@@H]3CCCCN3C(=O)C3CCCC3)nc2n(Cc2ccccc2)c1=O. The average molecular weight is 447 g/mol. The van der Waals surface area contributed by atoms with Gasteiger partial charge in [0, 0.05) is 19.5 Å². The number of hydrogen-bond acceptors (Lipinski definition) is 4. The van der Waals surface area contributed by atoms with Crippen molar-refractivity contribution < 1.29 is 4.79 Å². The van der Waals surface area contributed by atoms with Crippen molar-refractivity contribution in [3.05, 3.63) is 74.6 Å². The van der Waals surface area contributed by atoms with Crippen molar-refractivity contribution in [1.29, 1.82) is 0 Å². The molecule has 0 N–H and O–H groups in total. The lowest BCUT2D eigenvalue weighted by molar-refractivity contribution is -0.139. The number of benzene rings is 1. The van der Waals surface area contributed by atoms with E-state index in [0.29, 0.717) is 17.6 Å². The first-order valence-electron chi connectivity index (χ1n) is 12.0. The van der Waals surface area contributed by atoms with Gasteiger partial charge in [-0.15, -0.1) is 0 Å². The van der Waals surface area contributed by atoms with E-state index in [2.05, 4.69) is 0 Å². The standard InChI is InChI=1S/C26H30N4O3/c1-28-25(32)20-14-15-21(22-13-7-8-16-29(22)24(31)19-11-5-6-12-19)27-23(20)30(26(28)33)17-18-9-3-2-4-10-18/h2-4,9-10,14-15,19,22H,5-8,11-13,16-17H2,1H3/t22-/m0/s1. The number of carbonyl (C=O) groups excluding carboxylic acids is 1. The lowest BCUT2D eigenvalue weighted by atomic mass is 9.95. The average Bonchev–Trinajstić information content (AvgIpc) is 3.40. The predicted molar refractivity (Wildman–Crippen MR) is 127 cm³/mol. The van der Waals surface area contributed by atoms with E-state index < -0.39 is 0 Å². The number of piperidine rings is 1. The van der Waals surface area contributed by atoms with Crippen molar-refractivity contribution >= 4 is 16.9 Å². The lowest BCUT2D eigenvalue weighted by Gasteiger charge is -2.37. The molecule has 1 aromatic carbocycles. The summed E-state index contributed by atoms with van der Waals surface area (Å²) >= 11 is 0. The zero-order chi connectivity index (χ0) is 22.9. The van der Waals surface area contributed by atoms with E-state index in [-0.39, 0.29) is 29.1 Å². The van der Waals surface area contributed by atoms with Crippen molar-refractivity contribution in [3.63, 3.8) is 0 Å². The van der Waals surface area contributed by atoms with E-state index in [0.717, 1.165) is 67.3 Å². The van der Waals surface area contributed by atoms with Gasteiger partial charge >= 0.3 is 5.69 Å². The van der Waals surface area contributed by atoms with Crippen LogP contribution in [0.2, 0.25) is 0 Å². The molecule has 1 atom stereocenters. The minimum Gasteiger partial charge on any atom is -0.334 e. The largest absolute Gasteiger partial charge is 0.334 e. The summed E-state index contributed by atoms with van der Waals surface area (Å²) in [5.74, 6) is 0.361. The van der Waals surface area contributed by atoms with Crippen LogP contribution in [-0.4, -0.2) is 31.5 Å². The van der Waals surface area contributed by atoms with Gasteiger partial charge in [0.25, 0.3) is 5.56 Å². The Morgan fingerprint density at radius 2 is 1.70 bits per heavy atom. The minimum absolute atomic E-state index is 0.111. The molecule has 1 saturated carbocycles. The summed E-state index contributed by atoms with van der Waals surface area (Å²) in [6.45, 7) is 1.07. The molecule has 33 heavy (non-hydrogen) atoms. The number of aromatic nitrogens is 3. The Bertz CT molecular complexity index is 1290. The quantitative estimate of drug-likeness (QED) is 0.616. The fourth-order valence-corrected chi connectivity index (χ4v) is 5.38. The molecular formula is C26H30N4O3. The van der Waals surface area contributed by atoms with E-state index in [1.54, 1.807) is 10.6 Å². The van der Waals surface area contributed by atoms with Crippen molar-refractivity contribution in [2.24, 2.45) is 13.0 Å². The van der Waals surface area contributed by atoms with Gasteiger partial charge in [-0.2, -0.15) is 0 Å². The molecular weight excluding hydrogens is 416 g/mol. The fraction of sp³-hybridized carbons (Fsp3) is 0.462. The summed E-state index contributed by atoms with van der Waals surface area (Å²) in [6, 6.07) is 13.2. The van der Waals surface area contributed by atoms with Crippen molar-refractivity contribution in [3.8, 4) is 0 Å². The van der Waals surface area contributed by atoms with Crippen LogP contribution in [0.15, 0.2) is 52.1 Å². The summed E-state index contributed by atoms with van der Waals surface area (Å²) < 4.78 is 2.71. The van der Waals surface area contributed by atoms with Crippen LogP contribution >= 0.6 is 0 Å². The smallest absolute Gasteiger partial charge is 0.332 e. The van der Waals surface area contributed by atoms with Gasteiger partial charge in [-0.1, -0.05) is 43.2 Å². The molecule has 1 saturated heterocycles. The molecule has 1 aliphatic carbocycles. The third-order valence-electron chi connectivity index (χ3n) is 7.22. The van der Waals surface area contributed by atoms with Crippen molar-refractivity contribution in [1.82, 2.24) is 19.0 Å². The van der Waals surface area contributed by atoms with Crippen LogP contribution in [0.1, 0.15) is 62.2 Å². The monoisotopic (exact) mass is 446 g/mol. The van der Waals surface area contributed by atoms with Gasteiger partial charge in [-0.25, -0.2) is 9.78 Å². The second kappa shape index (κ2) is 8.96. The molecule has 2 aromatic heterocycles. The third-order valence-corrected chi connectivity index (χ3v) is 7.22. The molecule has 7 nitrogen and oxygen atoms in total. The van der Waals surface area contributed by atoms with Gasteiger partial charge in [0.1, 0.15) is 5.65 Å². The van der Waals surface area contributed by atoms with Crippen LogP contribution in [0.4, 0.5) is 0 Å². The number of nitrogens with zero attached hydrogens (tertiary/aromatic N) is 4. The molecule has 172 valence electrons. The number of likely N-dealkylation sites (tertiary alicyclic amines) is 1. The van der Waals surface area contributed by atoms with Crippen LogP contribution in [0.3, 0.4) is 0 Å². The van der Waals surface area contributed by atoms with Gasteiger partial charge in [0.05, 0.1) is 23.7 Å². The van der Waals surface area contributed by atoms with E-state index in [4.69, 9.17) is 4.98 Å². The molecule has 2 fully saturated rings. The summed E-state index contributed by atoms with van der Waals surface area (Å²) in [7, 11) is 1.50. The maximum atomic E-state index is 13.3. The number of hydrogen-bond donors (Lipinski definition) is 0. The van der Waals surface area contributed by atoms with Gasteiger partial charge in [-0.05, 0) is 49.8 Å². The Hall–Kier alpha value is -3.22. The summed E-state index contributed by atoms with van der Waals surface area (Å²) in [6.07, 6.45) is 7.08. The van der Waals surface area contributed by atoms with Crippen LogP contribution < -0.4 is 11.2 Å². The molecule has 0 bridgehead atoms. The maximum Gasteiger partial charge on any atom is 0.332 e. The summed E-state index contributed by atoms with van der Waals surface area (Å²) in [5.41, 5.74) is 1.39. The van der Waals surface area contributed by atoms with E-state index in [1.807, 2.05) is 41.3 Å². The number of rotatable bonds is 4. The zero-order valence-corrected chi connectivity index (χ0v) is 19.1. The Morgan fingerprint density at radius 3 is 2.45 bits per heavy atom. The Balaban J connectivity index is 1.59. The first-order valence-corrected chi connectivity index (χ1v) is 12.0. The normalized spacial score (nSPS) is 19.3. The number of amides is 1. The molecule has 1 amide bonds. The van der Waals surface area contributed by atoms with Crippen LogP contribution in [0, 0.1) is 5.92 Å². The van der Waals surface area contributed by atoms with Gasteiger partial charge in [0.15, 0.2) is 0 Å². The minimum atomic E-state index is -0.386. The predicted octanol–water partition coefficient (Wildman–Crippen LogP) is 3.39. The molecule has 7 heteroatoms. The third kappa shape index (κ3) is 4.01. The Labute approximate surface area is 192 Å². The van der Waals surface area contributed by atoms with Gasteiger partial charge < -0.3 is 4.90 Å². The Kier molecular flexibility index (Phi) is 5.87. The van der Waals surface area contributed by atoms with Gasteiger partial charge in [-0.3, -0.25) is 18.7 Å². The van der Waals surface area contributed by atoms with Crippen LogP contribution in [0.25, 0.3) is 11.0 Å². The number of pyridine rings is 1. The van der Waals surface area contributed by atoms with E-state index in [9.17, 15) is 14.4 Å². The highest BCUT2D eigenvalue weighted by molar-refractivity contribution is 5.80. The highest BCUT2D eigenvalue weighted by Gasteiger charge is 2.34. The fourth-order valence-electron chi connectivity index (χ4n) is 5.38. The lowest BCUT2D eigenvalue weighted by Crippen LogP contribution is -2.42. The van der Waals surface area contributed by atoms with Crippen LogP contribution in [-0.2, 0) is 18.4 Å². The highest BCUT2D eigenvalue weighted by atomic mass is 16.2. The number of fused-ring (bicyclic) bond motifs is 1. The van der Waals surface area contributed by atoms with E-state index >= 15 is 0 Å². The first-order chi connectivity index (χ1) is 16.0. The van der Waals surface area contributed by atoms with Gasteiger partial charge in [0.2, 0.25) is 5.91 Å². The highest BCUT2D eigenvalue weighted by Crippen LogP contribution is 2.35. The summed E-state index contributed by atoms with van der Waals surface area (Å²) in [4.78, 5) is 46.1. The molecule has 0 unspecified atom stereocenters. The van der Waals surface area contributed by atoms with E-state index in [1.165, 1.54) is 7.05 Å². The van der Waals surface area contributed by atoms with Crippen molar-refractivity contribution in [2.45, 2.75) is 57.5 Å². The first kappa shape index (κ1) is 21.6. The molecule has 0 radical (unpaired) electrons. The molecule has 3 aromatic rings. The molecule has 5 rings (SSSR count). The zero-order valence-electron chi connectivity index (χ0n) is 19.1. The molecule has 0 spiro atoms. The summed E-state index contributed by atoms with van der Waals surface area (Å²) in [5, 5.41) is 0.418. The molecule has 3 heterocycles.